The number of benzene rings is 2. The topological polar surface area (TPSA) is 46.2 Å². The zero-order chi connectivity index (χ0) is 26.5. The number of methoxy groups -OCH3 is 1. The minimum atomic E-state index is -0.153. The van der Waals surface area contributed by atoms with Gasteiger partial charge in [0, 0.05) is 11.8 Å². The lowest BCUT2D eigenvalue weighted by Crippen LogP contribution is -2.35. The average Bonchev–Trinajstić information content (AvgIpc) is 2.93. The summed E-state index contributed by atoms with van der Waals surface area (Å²) in [5, 5.41) is 0. The van der Waals surface area contributed by atoms with E-state index in [1.54, 1.807) is 7.11 Å². The van der Waals surface area contributed by atoms with E-state index in [-0.39, 0.29) is 30.5 Å². The first-order valence-corrected chi connectivity index (χ1v) is 13.4. The molecule has 2 aromatic rings. The van der Waals surface area contributed by atoms with Crippen molar-refractivity contribution in [2.75, 3.05) is 13.9 Å². The van der Waals surface area contributed by atoms with Gasteiger partial charge in [-0.05, 0) is 69.4 Å². The fraction of sp³-hybridized carbons (Fsp3) is 0.500. The highest BCUT2D eigenvalue weighted by Gasteiger charge is 2.31. The number of allylic oxidation sites excluding steroid dienone is 3. The van der Waals surface area contributed by atoms with E-state index in [1.807, 2.05) is 54.6 Å². The van der Waals surface area contributed by atoms with Crippen LogP contribution in [0.5, 0.6) is 5.75 Å². The number of rotatable bonds is 15. The van der Waals surface area contributed by atoms with E-state index in [1.165, 1.54) is 0 Å². The molecule has 0 saturated heterocycles. The van der Waals surface area contributed by atoms with Gasteiger partial charge in [0.15, 0.2) is 0 Å². The lowest BCUT2D eigenvalue weighted by Gasteiger charge is -2.35. The first-order valence-electron chi connectivity index (χ1n) is 13.4. The van der Waals surface area contributed by atoms with Gasteiger partial charge in [-0.3, -0.25) is 0 Å². The molecule has 3 atom stereocenters. The van der Waals surface area contributed by atoms with Crippen molar-refractivity contribution >= 4 is 0 Å². The summed E-state index contributed by atoms with van der Waals surface area (Å²) in [4.78, 5) is 0. The van der Waals surface area contributed by atoms with Crippen LogP contribution in [0.4, 0.5) is 0 Å². The van der Waals surface area contributed by atoms with Gasteiger partial charge >= 0.3 is 0 Å². The molecule has 0 amide bonds. The second-order valence-corrected chi connectivity index (χ2v) is 10.2. The van der Waals surface area contributed by atoms with Gasteiger partial charge in [0.05, 0.1) is 32.5 Å². The molecule has 1 aliphatic heterocycles. The molecule has 1 aliphatic rings. The molecule has 0 aliphatic carbocycles. The third-order valence-corrected chi connectivity index (χ3v) is 6.69. The van der Waals surface area contributed by atoms with Crippen LogP contribution in [0.25, 0.3) is 0 Å². The van der Waals surface area contributed by atoms with Gasteiger partial charge in [-0.1, -0.05) is 61.5 Å². The van der Waals surface area contributed by atoms with Gasteiger partial charge in [-0.15, -0.1) is 0 Å². The Hall–Kier alpha value is -2.60. The molecular weight excluding hydrogens is 464 g/mol. The maximum Gasteiger partial charge on any atom is 0.147 e. The van der Waals surface area contributed by atoms with Crippen molar-refractivity contribution in [2.24, 2.45) is 5.41 Å². The van der Waals surface area contributed by atoms with Gasteiger partial charge in [0.1, 0.15) is 24.4 Å². The van der Waals surface area contributed by atoms with Crippen LogP contribution in [-0.4, -0.2) is 32.2 Å². The summed E-state index contributed by atoms with van der Waals surface area (Å²) in [6.45, 7) is 9.85. The van der Waals surface area contributed by atoms with E-state index in [9.17, 15) is 0 Å². The molecular formula is C32H44O5. The minimum Gasteiger partial charge on any atom is -0.497 e. The van der Waals surface area contributed by atoms with Crippen molar-refractivity contribution in [3.05, 3.63) is 89.7 Å². The molecule has 0 fully saturated rings. The summed E-state index contributed by atoms with van der Waals surface area (Å²) in [5.74, 6) is 1.88. The van der Waals surface area contributed by atoms with Crippen LogP contribution < -0.4 is 4.74 Å². The molecule has 0 N–H and O–H groups in total. The normalized spacial score (nSPS) is 17.8. The third kappa shape index (κ3) is 9.66. The molecule has 0 unspecified atom stereocenters. The second-order valence-electron chi connectivity index (χ2n) is 10.2. The molecule has 3 rings (SSSR count). The van der Waals surface area contributed by atoms with Crippen LogP contribution in [0.2, 0.25) is 0 Å². The molecule has 0 spiro atoms. The lowest BCUT2D eigenvalue weighted by molar-refractivity contribution is -0.147. The monoisotopic (exact) mass is 508 g/mol. The molecule has 1 heterocycles. The van der Waals surface area contributed by atoms with Crippen LogP contribution in [0.1, 0.15) is 64.5 Å². The highest BCUT2D eigenvalue weighted by Crippen LogP contribution is 2.35. The Morgan fingerprint density at radius 1 is 1.00 bits per heavy atom. The van der Waals surface area contributed by atoms with Crippen LogP contribution in [0.15, 0.2) is 78.6 Å². The summed E-state index contributed by atoms with van der Waals surface area (Å²) in [6, 6.07) is 18.1. The Balaban J connectivity index is 1.60. The van der Waals surface area contributed by atoms with Gasteiger partial charge in [0.25, 0.3) is 0 Å². The van der Waals surface area contributed by atoms with E-state index < -0.39 is 0 Å². The number of hydrogen-bond acceptors (Lipinski definition) is 5. The lowest BCUT2D eigenvalue weighted by atomic mass is 9.87. The van der Waals surface area contributed by atoms with Crippen LogP contribution >= 0.6 is 0 Å². The van der Waals surface area contributed by atoms with E-state index in [0.29, 0.717) is 13.2 Å². The van der Waals surface area contributed by atoms with Crippen molar-refractivity contribution in [3.63, 3.8) is 0 Å². The van der Waals surface area contributed by atoms with Crippen molar-refractivity contribution in [3.8, 4) is 5.75 Å². The summed E-state index contributed by atoms with van der Waals surface area (Å²) < 4.78 is 30.1. The third-order valence-electron chi connectivity index (χ3n) is 6.69. The van der Waals surface area contributed by atoms with Crippen molar-refractivity contribution in [1.82, 2.24) is 0 Å². The fourth-order valence-electron chi connectivity index (χ4n) is 4.34. The average molecular weight is 509 g/mol. The van der Waals surface area contributed by atoms with E-state index >= 15 is 0 Å². The van der Waals surface area contributed by atoms with Crippen LogP contribution in [0.3, 0.4) is 0 Å². The molecule has 202 valence electrons. The van der Waals surface area contributed by atoms with E-state index in [4.69, 9.17) is 23.7 Å². The van der Waals surface area contributed by atoms with Gasteiger partial charge in [0.2, 0.25) is 0 Å². The first kappa shape index (κ1) is 29.0. The second kappa shape index (κ2) is 15.0. The minimum absolute atomic E-state index is 0.0754. The highest BCUT2D eigenvalue weighted by atomic mass is 16.7. The smallest absolute Gasteiger partial charge is 0.147 e. The summed E-state index contributed by atoms with van der Waals surface area (Å²) >= 11 is 0. The van der Waals surface area contributed by atoms with Gasteiger partial charge in [-0.25, -0.2) is 0 Å². The number of ether oxygens (including phenoxy) is 5. The maximum atomic E-state index is 6.52. The zero-order valence-corrected chi connectivity index (χ0v) is 23.2. The van der Waals surface area contributed by atoms with Gasteiger partial charge < -0.3 is 23.7 Å². The molecule has 0 aromatic heterocycles. The Kier molecular flexibility index (Phi) is 11.7. The Morgan fingerprint density at radius 3 is 2.43 bits per heavy atom. The summed E-state index contributed by atoms with van der Waals surface area (Å²) in [7, 11) is 1.67. The molecule has 0 bridgehead atoms. The van der Waals surface area contributed by atoms with Crippen LogP contribution in [0, 0.1) is 5.41 Å². The summed E-state index contributed by atoms with van der Waals surface area (Å²) in [6.07, 6.45) is 10.2. The molecule has 2 aromatic carbocycles. The van der Waals surface area contributed by atoms with Crippen LogP contribution in [-0.2, 0) is 32.2 Å². The molecule has 0 saturated carbocycles. The summed E-state index contributed by atoms with van der Waals surface area (Å²) in [5.41, 5.74) is 2.09. The maximum absolute atomic E-state index is 6.52. The molecule has 5 nitrogen and oxygen atoms in total. The van der Waals surface area contributed by atoms with Crippen molar-refractivity contribution in [2.45, 2.75) is 84.9 Å². The SMILES string of the molecule is CC/C=C/C(C)(C)C1=CCC[C@@H](C[C@@H](OCc2ccc(OC)cc2)[C@@H](C)OCOCc2ccccc2)O1. The van der Waals surface area contributed by atoms with Gasteiger partial charge in [-0.2, -0.15) is 0 Å². The molecule has 5 heteroatoms. The Bertz CT molecular complexity index is 964. The number of hydrogen-bond donors (Lipinski definition) is 0. The molecule has 37 heavy (non-hydrogen) atoms. The predicted molar refractivity (Wildman–Crippen MR) is 148 cm³/mol. The Labute approximate surface area is 223 Å². The highest BCUT2D eigenvalue weighted by molar-refractivity contribution is 5.26. The van der Waals surface area contributed by atoms with Crippen molar-refractivity contribution < 1.29 is 23.7 Å². The standard InChI is InChI=1S/C32H44O5/c1-6-7-20-32(3,4)31-15-11-14-29(37-31)21-30(35-23-27-16-18-28(33-5)19-17-27)25(2)36-24-34-22-26-12-9-8-10-13-26/h7-10,12-13,15-20,25,29-30H,6,11,14,21-24H2,1-5H3/b20-7+/t25-,29+,30-/m1/s1. The predicted octanol–water partition coefficient (Wildman–Crippen LogP) is 7.61. The molecule has 0 radical (unpaired) electrons. The quantitative estimate of drug-likeness (QED) is 0.141. The first-order chi connectivity index (χ1) is 17.9. The van der Waals surface area contributed by atoms with E-state index in [0.717, 1.165) is 48.3 Å². The Morgan fingerprint density at radius 2 is 1.73 bits per heavy atom. The fourth-order valence-corrected chi connectivity index (χ4v) is 4.34. The zero-order valence-electron chi connectivity index (χ0n) is 23.2. The largest absolute Gasteiger partial charge is 0.497 e. The van der Waals surface area contributed by atoms with E-state index in [2.05, 4.69) is 45.9 Å². The van der Waals surface area contributed by atoms with Crippen molar-refractivity contribution in [1.29, 1.82) is 0 Å².